The van der Waals surface area contributed by atoms with E-state index < -0.39 is 0 Å². The molecule has 0 aliphatic heterocycles. The Labute approximate surface area is 165 Å². The van der Waals surface area contributed by atoms with Crippen molar-refractivity contribution in [3.05, 3.63) is 107 Å². The largest absolute Gasteiger partial charge is 0.207 e. The fourth-order valence-corrected chi connectivity index (χ4v) is 5.12. The first-order chi connectivity index (χ1) is 12.6. The summed E-state index contributed by atoms with van der Waals surface area (Å²) in [6.07, 6.45) is 0.965. The molecule has 0 radical (unpaired) electrons. The van der Waals surface area contributed by atoms with Gasteiger partial charge in [0.25, 0.3) is 0 Å². The van der Waals surface area contributed by atoms with E-state index in [1.807, 2.05) is 42.1 Å². The number of alkyl halides is 1. The third-order valence-electron chi connectivity index (χ3n) is 4.18. The van der Waals surface area contributed by atoms with Crippen molar-refractivity contribution < 1.29 is 8.78 Å². The van der Waals surface area contributed by atoms with Crippen molar-refractivity contribution in [2.75, 3.05) is 5.75 Å². The Morgan fingerprint density at radius 1 is 0.731 bits per heavy atom. The van der Waals surface area contributed by atoms with E-state index in [-0.39, 0.29) is 21.7 Å². The lowest BCUT2D eigenvalue weighted by molar-refractivity contribution is 0.625. The lowest BCUT2D eigenvalue weighted by atomic mass is 10.0. The van der Waals surface area contributed by atoms with Crippen LogP contribution in [0.15, 0.2) is 78.9 Å². The van der Waals surface area contributed by atoms with Gasteiger partial charge in [-0.15, -0.1) is 0 Å². The van der Waals surface area contributed by atoms with Crippen LogP contribution in [0.2, 0.25) is 0 Å². The second-order valence-electron chi connectivity index (χ2n) is 6.03. The molecule has 3 aromatic rings. The van der Waals surface area contributed by atoms with Crippen molar-refractivity contribution in [2.45, 2.75) is 16.5 Å². The van der Waals surface area contributed by atoms with Crippen LogP contribution >= 0.6 is 27.7 Å². The number of hydrogen-bond donors (Lipinski definition) is 0. The maximum absolute atomic E-state index is 13.3. The predicted molar refractivity (Wildman–Crippen MR) is 110 cm³/mol. The molecule has 0 fully saturated rings. The van der Waals surface area contributed by atoms with Gasteiger partial charge < -0.3 is 0 Å². The lowest BCUT2D eigenvalue weighted by Gasteiger charge is -2.23. The zero-order valence-electron chi connectivity index (χ0n) is 14.1. The smallest absolute Gasteiger partial charge is 0.123 e. The summed E-state index contributed by atoms with van der Waals surface area (Å²) in [5.41, 5.74) is 3.36. The van der Waals surface area contributed by atoms with Gasteiger partial charge in [0.2, 0.25) is 0 Å². The topological polar surface area (TPSA) is 0 Å². The summed E-state index contributed by atoms with van der Waals surface area (Å²) in [6, 6.07) is 23.5. The Bertz CT molecular complexity index is 804. The quantitative estimate of drug-likeness (QED) is 0.358. The molecule has 0 N–H and O–H groups in total. The van der Waals surface area contributed by atoms with E-state index in [4.69, 9.17) is 0 Å². The molecular weight excluding hydrogens is 414 g/mol. The van der Waals surface area contributed by atoms with Crippen LogP contribution in [0.25, 0.3) is 0 Å². The van der Waals surface area contributed by atoms with Crippen molar-refractivity contribution in [2.24, 2.45) is 0 Å². The molecular formula is C22H19BrF2S. The van der Waals surface area contributed by atoms with Crippen LogP contribution in [0.1, 0.15) is 26.8 Å². The standard InChI is InChI=1S/C22H19BrF2S/c23-21(17-6-10-19(24)11-7-17)22(18-8-12-20(25)13-9-18)26-15-14-16-4-2-1-3-5-16/h1-13,21-22H,14-15H2/t21-,22-/m0/s1. The molecule has 0 aliphatic carbocycles. The summed E-state index contributed by atoms with van der Waals surface area (Å²) in [6.45, 7) is 0. The van der Waals surface area contributed by atoms with Crippen LogP contribution in [0.3, 0.4) is 0 Å². The van der Waals surface area contributed by atoms with Gasteiger partial charge in [0, 0.05) is 5.25 Å². The van der Waals surface area contributed by atoms with Crippen molar-refractivity contribution in [3.8, 4) is 0 Å². The minimum Gasteiger partial charge on any atom is -0.207 e. The first-order valence-corrected chi connectivity index (χ1v) is 10.4. The lowest BCUT2D eigenvalue weighted by Crippen LogP contribution is -2.05. The first-order valence-electron chi connectivity index (χ1n) is 8.44. The molecule has 0 saturated carbocycles. The van der Waals surface area contributed by atoms with Crippen LogP contribution in [-0.4, -0.2) is 5.75 Å². The van der Waals surface area contributed by atoms with Gasteiger partial charge in [0.15, 0.2) is 0 Å². The Kier molecular flexibility index (Phi) is 6.86. The molecule has 26 heavy (non-hydrogen) atoms. The average molecular weight is 433 g/mol. The van der Waals surface area contributed by atoms with Crippen molar-refractivity contribution >= 4 is 27.7 Å². The fourth-order valence-electron chi connectivity index (χ4n) is 2.77. The van der Waals surface area contributed by atoms with Gasteiger partial charge in [-0.1, -0.05) is 70.5 Å². The van der Waals surface area contributed by atoms with E-state index in [9.17, 15) is 8.78 Å². The Balaban J connectivity index is 1.76. The Hall–Kier alpha value is -1.65. The minimum absolute atomic E-state index is 0.00864. The van der Waals surface area contributed by atoms with Crippen molar-refractivity contribution in [1.82, 2.24) is 0 Å². The van der Waals surface area contributed by atoms with Crippen LogP contribution in [0, 0.1) is 11.6 Å². The molecule has 0 amide bonds. The SMILES string of the molecule is Fc1ccc([C@H](Br)[C@@H](SCCc2ccccc2)c2ccc(F)cc2)cc1. The van der Waals surface area contributed by atoms with Gasteiger partial charge in [0.05, 0.1) is 4.83 Å². The second-order valence-corrected chi connectivity index (χ2v) is 8.27. The highest BCUT2D eigenvalue weighted by atomic mass is 79.9. The molecule has 0 bridgehead atoms. The van der Waals surface area contributed by atoms with Crippen molar-refractivity contribution in [1.29, 1.82) is 0 Å². The number of benzene rings is 3. The third-order valence-corrected chi connectivity index (χ3v) is 6.93. The third kappa shape index (κ3) is 5.18. The van der Waals surface area contributed by atoms with Crippen LogP contribution in [0.5, 0.6) is 0 Å². The zero-order valence-corrected chi connectivity index (χ0v) is 16.5. The number of halogens is 3. The van der Waals surface area contributed by atoms with E-state index in [0.717, 1.165) is 23.3 Å². The summed E-state index contributed by atoms with van der Waals surface area (Å²) in [4.78, 5) is 0.00864. The Morgan fingerprint density at radius 2 is 1.27 bits per heavy atom. The normalized spacial score (nSPS) is 13.3. The maximum atomic E-state index is 13.3. The van der Waals surface area contributed by atoms with E-state index in [1.165, 1.54) is 29.8 Å². The number of hydrogen-bond acceptors (Lipinski definition) is 1. The highest BCUT2D eigenvalue weighted by Gasteiger charge is 2.23. The fraction of sp³-hybridized carbons (Fsp3) is 0.182. The molecule has 0 aromatic heterocycles. The van der Waals surface area contributed by atoms with Crippen LogP contribution in [0.4, 0.5) is 8.78 Å². The second kappa shape index (κ2) is 9.33. The molecule has 0 heterocycles. The van der Waals surface area contributed by atoms with Gasteiger partial charge in [-0.25, -0.2) is 8.78 Å². The van der Waals surface area contributed by atoms with E-state index >= 15 is 0 Å². The molecule has 3 aromatic carbocycles. The van der Waals surface area contributed by atoms with Crippen molar-refractivity contribution in [3.63, 3.8) is 0 Å². The molecule has 4 heteroatoms. The molecule has 0 aliphatic rings. The van der Waals surface area contributed by atoms with E-state index in [2.05, 4.69) is 28.1 Å². The van der Waals surface area contributed by atoms with E-state index in [1.54, 1.807) is 12.1 Å². The molecule has 0 saturated heterocycles. The summed E-state index contributed by atoms with van der Waals surface area (Å²) in [5.74, 6) is 0.452. The average Bonchev–Trinajstić information content (AvgIpc) is 2.67. The minimum atomic E-state index is -0.247. The molecule has 0 unspecified atom stereocenters. The van der Waals surface area contributed by atoms with Gasteiger partial charge in [0.1, 0.15) is 11.6 Å². The number of thioether (sulfide) groups is 1. The van der Waals surface area contributed by atoms with Crippen LogP contribution in [-0.2, 0) is 6.42 Å². The Morgan fingerprint density at radius 3 is 1.85 bits per heavy atom. The highest BCUT2D eigenvalue weighted by molar-refractivity contribution is 9.09. The molecule has 0 nitrogen and oxygen atoms in total. The molecule has 134 valence electrons. The zero-order chi connectivity index (χ0) is 18.4. The summed E-state index contributed by atoms with van der Waals surface area (Å²) in [7, 11) is 0. The summed E-state index contributed by atoms with van der Waals surface area (Å²) < 4.78 is 26.6. The molecule has 0 spiro atoms. The van der Waals surface area contributed by atoms with Gasteiger partial charge in [-0.05, 0) is 53.1 Å². The van der Waals surface area contributed by atoms with Gasteiger partial charge >= 0.3 is 0 Å². The summed E-state index contributed by atoms with van der Waals surface area (Å²) in [5, 5.41) is 0.102. The predicted octanol–water partition coefficient (Wildman–Crippen LogP) is 7.12. The van der Waals surface area contributed by atoms with Gasteiger partial charge in [-0.3, -0.25) is 0 Å². The molecule has 3 rings (SSSR count). The van der Waals surface area contributed by atoms with Gasteiger partial charge in [-0.2, -0.15) is 11.8 Å². The monoisotopic (exact) mass is 432 g/mol. The van der Waals surface area contributed by atoms with Crippen LogP contribution < -0.4 is 0 Å². The molecule has 2 atom stereocenters. The highest BCUT2D eigenvalue weighted by Crippen LogP contribution is 2.45. The summed E-state index contributed by atoms with van der Waals surface area (Å²) >= 11 is 5.60. The van der Waals surface area contributed by atoms with E-state index in [0.29, 0.717) is 0 Å². The maximum Gasteiger partial charge on any atom is 0.123 e. The number of aryl methyl sites for hydroxylation is 1. The first kappa shape index (κ1) is 19.1. The number of rotatable bonds is 7.